The molecule has 174 valence electrons. The predicted octanol–water partition coefficient (Wildman–Crippen LogP) is 6.45. The largest absolute Gasteiger partial charge is 0.462 e. The highest BCUT2D eigenvalue weighted by Crippen LogP contribution is 2.45. The lowest BCUT2D eigenvalue weighted by molar-refractivity contribution is -0.141. The van der Waals surface area contributed by atoms with Crippen molar-refractivity contribution in [2.75, 3.05) is 6.61 Å². The molecule has 0 fully saturated rings. The molecule has 2 aromatic carbocycles. The number of hydrogen-bond acceptors (Lipinski definition) is 5. The fourth-order valence-corrected chi connectivity index (χ4v) is 3.42. The van der Waals surface area contributed by atoms with Gasteiger partial charge in [-0.15, -0.1) is 0 Å². The summed E-state index contributed by atoms with van der Waals surface area (Å²) in [6.45, 7) is 11.8. The van der Waals surface area contributed by atoms with Crippen LogP contribution in [0, 0.1) is 6.92 Å². The van der Waals surface area contributed by atoms with E-state index in [2.05, 4.69) is 13.2 Å². The van der Waals surface area contributed by atoms with Crippen LogP contribution < -0.4 is 4.74 Å². The summed E-state index contributed by atoms with van der Waals surface area (Å²) < 4.78 is 57.6. The Balaban J connectivity index is 2.01. The van der Waals surface area contributed by atoms with Gasteiger partial charge in [-0.3, -0.25) is 0 Å². The Morgan fingerprint density at radius 3 is 2.18 bits per heavy atom. The number of benzene rings is 2. The minimum atomic E-state index is -4.82. The summed E-state index contributed by atoms with van der Waals surface area (Å²) in [6, 6.07) is 6.06. The molecule has 1 heterocycles. The van der Waals surface area contributed by atoms with Crippen molar-refractivity contribution < 1.29 is 36.7 Å². The molecule has 3 aromatic rings. The number of alkyl halides is 3. The van der Waals surface area contributed by atoms with Crippen molar-refractivity contribution >= 4 is 33.9 Å². The van der Waals surface area contributed by atoms with Crippen LogP contribution in [0.3, 0.4) is 0 Å². The molecule has 1 aromatic heterocycles. The summed E-state index contributed by atoms with van der Waals surface area (Å²) in [5.74, 6) is -2.07. The summed E-state index contributed by atoms with van der Waals surface area (Å²) in [7, 11) is 0. The van der Waals surface area contributed by atoms with Crippen LogP contribution >= 0.6 is 0 Å². The lowest BCUT2D eigenvalue weighted by Gasteiger charge is -2.13. The summed E-state index contributed by atoms with van der Waals surface area (Å²) in [6.07, 6.45) is -3.75. The maximum atomic E-state index is 13.9. The first-order valence-corrected chi connectivity index (χ1v) is 10.2. The van der Waals surface area contributed by atoms with Gasteiger partial charge in [0.25, 0.3) is 0 Å². The second-order valence-corrected chi connectivity index (χ2v) is 7.83. The second-order valence-electron chi connectivity index (χ2n) is 7.83. The van der Waals surface area contributed by atoms with Crippen LogP contribution in [0.15, 0.2) is 53.0 Å². The molecule has 0 N–H and O–H groups in total. The number of esters is 2. The highest BCUT2D eigenvalue weighted by molar-refractivity contribution is 6.08. The highest BCUT2D eigenvalue weighted by atomic mass is 19.4. The van der Waals surface area contributed by atoms with E-state index in [-0.39, 0.29) is 17.6 Å². The van der Waals surface area contributed by atoms with E-state index in [0.29, 0.717) is 34.9 Å². The van der Waals surface area contributed by atoms with Gasteiger partial charge in [-0.25, -0.2) is 9.59 Å². The van der Waals surface area contributed by atoms with Gasteiger partial charge in [0.2, 0.25) is 0 Å². The SMILES string of the molecule is C=C(C)C(=O)OCCCc1ccc2c(oc3c(C(F)(F)F)c(OC(=O)C(=C)C)ccc32)c1C. The van der Waals surface area contributed by atoms with Crippen LogP contribution in [-0.4, -0.2) is 18.5 Å². The van der Waals surface area contributed by atoms with Crippen molar-refractivity contribution in [2.24, 2.45) is 0 Å². The number of carbonyl (C=O) groups excluding carboxylic acids is 2. The first-order valence-electron chi connectivity index (χ1n) is 10.2. The molecule has 0 atom stereocenters. The second kappa shape index (κ2) is 9.13. The average Bonchev–Trinajstić information content (AvgIpc) is 3.10. The number of carbonyl (C=O) groups is 2. The Hall–Kier alpha value is -3.55. The third-order valence-corrected chi connectivity index (χ3v) is 5.14. The van der Waals surface area contributed by atoms with Crippen molar-refractivity contribution in [1.29, 1.82) is 0 Å². The number of furan rings is 1. The van der Waals surface area contributed by atoms with Gasteiger partial charge in [-0.1, -0.05) is 25.3 Å². The lowest BCUT2D eigenvalue weighted by Crippen LogP contribution is -2.14. The summed E-state index contributed by atoms with van der Waals surface area (Å²) in [5.41, 5.74) is 0.582. The van der Waals surface area contributed by atoms with Gasteiger partial charge in [0.05, 0.1) is 6.61 Å². The molecule has 0 bridgehead atoms. The third kappa shape index (κ3) is 4.94. The predicted molar refractivity (Wildman–Crippen MR) is 118 cm³/mol. The van der Waals surface area contributed by atoms with E-state index in [4.69, 9.17) is 13.9 Å². The molecule has 0 aliphatic carbocycles. The van der Waals surface area contributed by atoms with E-state index >= 15 is 0 Å². The van der Waals surface area contributed by atoms with Gasteiger partial charge in [-0.2, -0.15) is 13.2 Å². The van der Waals surface area contributed by atoms with Crippen LogP contribution in [-0.2, 0) is 26.9 Å². The fraction of sp³-hybridized carbons (Fsp3) is 0.280. The highest BCUT2D eigenvalue weighted by Gasteiger charge is 2.39. The normalized spacial score (nSPS) is 11.6. The van der Waals surface area contributed by atoms with Crippen molar-refractivity contribution in [3.05, 3.63) is 65.3 Å². The van der Waals surface area contributed by atoms with Crippen molar-refractivity contribution in [3.63, 3.8) is 0 Å². The van der Waals surface area contributed by atoms with Gasteiger partial charge in [-0.05, 0) is 56.9 Å². The van der Waals surface area contributed by atoms with Gasteiger partial charge < -0.3 is 13.9 Å². The number of ether oxygens (including phenoxy) is 2. The summed E-state index contributed by atoms with van der Waals surface area (Å²) in [4.78, 5) is 23.3. The van der Waals surface area contributed by atoms with Gasteiger partial charge in [0.1, 0.15) is 16.9 Å². The molecule has 3 rings (SSSR count). The summed E-state index contributed by atoms with van der Waals surface area (Å²) in [5, 5.41) is 0.778. The Bertz CT molecular complexity index is 1280. The summed E-state index contributed by atoms with van der Waals surface area (Å²) >= 11 is 0. The van der Waals surface area contributed by atoms with E-state index < -0.39 is 35.0 Å². The van der Waals surface area contributed by atoms with Gasteiger partial charge >= 0.3 is 18.1 Å². The molecule has 0 saturated heterocycles. The van der Waals surface area contributed by atoms with Crippen LogP contribution in [0.5, 0.6) is 5.75 Å². The number of aryl methyl sites for hydroxylation is 2. The van der Waals surface area contributed by atoms with Gasteiger partial charge in [0, 0.05) is 21.9 Å². The number of rotatable bonds is 7. The van der Waals surface area contributed by atoms with Crippen LogP contribution in [0.1, 0.15) is 37.0 Å². The van der Waals surface area contributed by atoms with E-state index in [0.717, 1.165) is 11.6 Å². The fourth-order valence-electron chi connectivity index (χ4n) is 3.42. The Kier molecular flexibility index (Phi) is 6.67. The lowest BCUT2D eigenvalue weighted by atomic mass is 10.00. The first kappa shape index (κ1) is 24.1. The third-order valence-electron chi connectivity index (χ3n) is 5.14. The van der Waals surface area contributed by atoms with Gasteiger partial charge in [0.15, 0.2) is 5.58 Å². The Morgan fingerprint density at radius 2 is 1.58 bits per heavy atom. The molecule has 0 radical (unpaired) electrons. The van der Waals surface area contributed by atoms with E-state index in [1.54, 1.807) is 19.9 Å². The van der Waals surface area contributed by atoms with Crippen molar-refractivity contribution in [3.8, 4) is 5.75 Å². The molecule has 33 heavy (non-hydrogen) atoms. The Morgan fingerprint density at radius 1 is 0.970 bits per heavy atom. The monoisotopic (exact) mass is 460 g/mol. The number of fused-ring (bicyclic) bond motifs is 3. The molecule has 0 spiro atoms. The number of hydrogen-bond donors (Lipinski definition) is 0. The Labute approximate surface area is 188 Å². The zero-order valence-corrected chi connectivity index (χ0v) is 18.5. The zero-order valence-electron chi connectivity index (χ0n) is 18.5. The van der Waals surface area contributed by atoms with Crippen LogP contribution in [0.2, 0.25) is 0 Å². The van der Waals surface area contributed by atoms with Crippen LogP contribution in [0.4, 0.5) is 13.2 Å². The molecule has 0 amide bonds. The molecule has 8 heteroatoms. The smallest absolute Gasteiger partial charge is 0.423 e. The molecule has 0 aliphatic heterocycles. The molecule has 0 unspecified atom stereocenters. The zero-order chi connectivity index (χ0) is 24.5. The van der Waals surface area contributed by atoms with E-state index in [1.807, 2.05) is 6.07 Å². The topological polar surface area (TPSA) is 65.7 Å². The quantitative estimate of drug-likeness (QED) is 0.176. The van der Waals surface area contributed by atoms with E-state index in [1.165, 1.54) is 13.0 Å². The molecular formula is C25H23F3O5. The average molecular weight is 460 g/mol. The minimum Gasteiger partial charge on any atom is -0.462 e. The standard InChI is InChI=1S/C25H23F3O5/c1-13(2)23(29)31-12-6-7-16-8-9-17-18-10-11-19(32-24(30)14(3)4)20(25(26,27)28)22(18)33-21(17)15(16)5/h8-11H,1,3,6-7,12H2,2,4-5H3. The first-order chi connectivity index (χ1) is 15.4. The van der Waals surface area contributed by atoms with Crippen molar-refractivity contribution in [2.45, 2.75) is 39.8 Å². The van der Waals surface area contributed by atoms with Crippen molar-refractivity contribution in [1.82, 2.24) is 0 Å². The maximum Gasteiger partial charge on any atom is 0.423 e. The molecule has 5 nitrogen and oxygen atoms in total. The molecule has 0 saturated carbocycles. The van der Waals surface area contributed by atoms with E-state index in [9.17, 15) is 22.8 Å². The maximum absolute atomic E-state index is 13.9. The molecule has 0 aliphatic rings. The number of halogens is 3. The van der Waals surface area contributed by atoms with Crippen LogP contribution in [0.25, 0.3) is 21.9 Å². The molecular weight excluding hydrogens is 437 g/mol. The minimum absolute atomic E-state index is 0.0257.